The van der Waals surface area contributed by atoms with Crippen molar-refractivity contribution in [2.45, 2.75) is 33.1 Å². The lowest BCUT2D eigenvalue weighted by molar-refractivity contribution is 0.409. The first-order valence-electron chi connectivity index (χ1n) is 6.51. The fraction of sp³-hybridized carbons (Fsp3) is 0.600. The minimum absolute atomic E-state index is 0.709. The highest BCUT2D eigenvalue weighted by molar-refractivity contribution is 6.30. The summed E-state index contributed by atoms with van der Waals surface area (Å²) in [5.74, 6) is 1.49. The van der Waals surface area contributed by atoms with Crippen molar-refractivity contribution >= 4 is 11.6 Å². The predicted octanol–water partition coefficient (Wildman–Crippen LogP) is 4.15. The largest absolute Gasteiger partial charge is 0.319 e. The van der Waals surface area contributed by atoms with Gasteiger partial charge in [-0.1, -0.05) is 44.0 Å². The van der Waals surface area contributed by atoms with Crippen LogP contribution in [0.4, 0.5) is 0 Å². The van der Waals surface area contributed by atoms with E-state index >= 15 is 0 Å². The van der Waals surface area contributed by atoms with Gasteiger partial charge in [0.05, 0.1) is 0 Å². The van der Waals surface area contributed by atoms with E-state index in [-0.39, 0.29) is 0 Å². The van der Waals surface area contributed by atoms with Crippen LogP contribution in [0, 0.1) is 11.8 Å². The van der Waals surface area contributed by atoms with Crippen molar-refractivity contribution in [3.63, 3.8) is 0 Å². The van der Waals surface area contributed by atoms with Gasteiger partial charge >= 0.3 is 0 Å². The van der Waals surface area contributed by atoms with Crippen LogP contribution in [-0.2, 0) is 6.42 Å². The lowest BCUT2D eigenvalue weighted by Crippen LogP contribution is -2.21. The van der Waals surface area contributed by atoms with Gasteiger partial charge in [0.2, 0.25) is 0 Å². The van der Waals surface area contributed by atoms with Crippen LogP contribution in [-0.4, -0.2) is 13.6 Å². The number of rotatable bonds is 7. The molecule has 1 unspecified atom stereocenters. The third-order valence-electron chi connectivity index (χ3n) is 3.06. The maximum atomic E-state index is 6.02. The Balaban J connectivity index is 2.53. The Hall–Kier alpha value is -0.530. The molecule has 1 aromatic carbocycles. The lowest BCUT2D eigenvalue weighted by atomic mass is 9.92. The summed E-state index contributed by atoms with van der Waals surface area (Å²) in [5.41, 5.74) is 1.35. The molecule has 0 aliphatic rings. The second kappa shape index (κ2) is 7.73. The number of hydrogen-bond acceptors (Lipinski definition) is 1. The number of benzene rings is 1. The second-order valence-corrected chi connectivity index (χ2v) is 5.67. The zero-order chi connectivity index (χ0) is 12.7. The number of halogens is 1. The van der Waals surface area contributed by atoms with Gasteiger partial charge in [0.1, 0.15) is 0 Å². The molecule has 0 aliphatic heterocycles. The van der Waals surface area contributed by atoms with Crippen LogP contribution >= 0.6 is 11.6 Å². The zero-order valence-electron chi connectivity index (χ0n) is 11.2. The smallest absolute Gasteiger partial charge is 0.0408 e. The van der Waals surface area contributed by atoms with Crippen LogP contribution in [0.2, 0.25) is 5.02 Å². The third kappa shape index (κ3) is 6.09. The number of nitrogens with one attached hydrogen (secondary N) is 1. The Morgan fingerprint density at radius 2 is 2.00 bits per heavy atom. The van der Waals surface area contributed by atoms with Gasteiger partial charge in [0.15, 0.2) is 0 Å². The summed E-state index contributed by atoms with van der Waals surface area (Å²) < 4.78 is 0. The first-order valence-corrected chi connectivity index (χ1v) is 6.88. The average Bonchev–Trinajstić information content (AvgIpc) is 2.26. The highest BCUT2D eigenvalue weighted by Crippen LogP contribution is 2.19. The molecule has 1 nitrogen and oxygen atoms in total. The van der Waals surface area contributed by atoms with Gasteiger partial charge in [-0.3, -0.25) is 0 Å². The molecule has 0 fully saturated rings. The topological polar surface area (TPSA) is 12.0 Å². The van der Waals surface area contributed by atoms with Crippen molar-refractivity contribution in [3.8, 4) is 0 Å². The van der Waals surface area contributed by atoms with E-state index in [9.17, 15) is 0 Å². The van der Waals surface area contributed by atoms with E-state index in [0.29, 0.717) is 5.92 Å². The van der Waals surface area contributed by atoms with Crippen LogP contribution < -0.4 is 5.32 Å². The molecule has 0 aromatic heterocycles. The molecule has 0 spiro atoms. The summed E-state index contributed by atoms with van der Waals surface area (Å²) >= 11 is 6.02. The van der Waals surface area contributed by atoms with Crippen molar-refractivity contribution in [1.29, 1.82) is 0 Å². The van der Waals surface area contributed by atoms with Crippen molar-refractivity contribution in [3.05, 3.63) is 34.9 Å². The van der Waals surface area contributed by atoms with E-state index in [4.69, 9.17) is 11.6 Å². The average molecular weight is 254 g/mol. The molecule has 1 rings (SSSR count). The minimum atomic E-state index is 0.709. The first kappa shape index (κ1) is 14.5. The summed E-state index contributed by atoms with van der Waals surface area (Å²) in [6.45, 7) is 5.66. The maximum Gasteiger partial charge on any atom is 0.0408 e. The summed E-state index contributed by atoms with van der Waals surface area (Å²) in [6, 6.07) is 8.23. The van der Waals surface area contributed by atoms with Gasteiger partial charge in [-0.15, -0.1) is 0 Å². The van der Waals surface area contributed by atoms with Crippen molar-refractivity contribution < 1.29 is 0 Å². The van der Waals surface area contributed by atoms with E-state index in [0.717, 1.165) is 23.9 Å². The Morgan fingerprint density at radius 1 is 1.24 bits per heavy atom. The Morgan fingerprint density at radius 3 is 2.59 bits per heavy atom. The van der Waals surface area contributed by atoms with Crippen LogP contribution in [0.25, 0.3) is 0 Å². The standard InChI is InChI=1S/C15H24ClN/c1-12(2)7-8-14(11-17-3)9-13-5-4-6-15(16)10-13/h4-6,10,12,14,17H,7-9,11H2,1-3H3. The molecule has 0 heterocycles. The highest BCUT2D eigenvalue weighted by Gasteiger charge is 2.10. The maximum absolute atomic E-state index is 6.02. The predicted molar refractivity (Wildman–Crippen MR) is 76.6 cm³/mol. The monoisotopic (exact) mass is 253 g/mol. The van der Waals surface area contributed by atoms with Gasteiger partial charge < -0.3 is 5.32 Å². The summed E-state index contributed by atoms with van der Waals surface area (Å²) in [7, 11) is 2.03. The Kier molecular flexibility index (Phi) is 6.61. The lowest BCUT2D eigenvalue weighted by Gasteiger charge is -2.18. The molecule has 0 radical (unpaired) electrons. The molecule has 0 bridgehead atoms. The molecule has 0 amide bonds. The highest BCUT2D eigenvalue weighted by atomic mass is 35.5. The summed E-state index contributed by atoms with van der Waals surface area (Å²) in [6.07, 6.45) is 3.70. The molecule has 1 aromatic rings. The quantitative estimate of drug-likeness (QED) is 0.770. The Labute approximate surface area is 111 Å². The molecule has 1 atom stereocenters. The van der Waals surface area contributed by atoms with E-state index in [1.807, 2.05) is 19.2 Å². The molecule has 0 saturated carbocycles. The second-order valence-electron chi connectivity index (χ2n) is 5.23. The molecule has 0 saturated heterocycles. The molecular weight excluding hydrogens is 230 g/mol. The molecular formula is C15H24ClN. The first-order chi connectivity index (χ1) is 8.11. The summed E-state index contributed by atoms with van der Waals surface area (Å²) in [5, 5.41) is 4.14. The van der Waals surface area contributed by atoms with Gasteiger partial charge in [0, 0.05) is 5.02 Å². The summed E-state index contributed by atoms with van der Waals surface area (Å²) in [4.78, 5) is 0. The van der Waals surface area contributed by atoms with Crippen molar-refractivity contribution in [2.75, 3.05) is 13.6 Å². The van der Waals surface area contributed by atoms with E-state index in [2.05, 4.69) is 31.3 Å². The number of hydrogen-bond donors (Lipinski definition) is 1. The van der Waals surface area contributed by atoms with Gasteiger partial charge in [-0.25, -0.2) is 0 Å². The molecule has 1 N–H and O–H groups in total. The SMILES string of the molecule is CNCC(CCC(C)C)Cc1cccc(Cl)c1. The van der Waals surface area contributed by atoms with Crippen molar-refractivity contribution in [2.24, 2.45) is 11.8 Å². The van der Waals surface area contributed by atoms with E-state index < -0.39 is 0 Å². The van der Waals surface area contributed by atoms with E-state index in [1.165, 1.54) is 18.4 Å². The molecule has 2 heteroatoms. The fourth-order valence-electron chi connectivity index (χ4n) is 2.13. The zero-order valence-corrected chi connectivity index (χ0v) is 11.9. The molecule has 0 aliphatic carbocycles. The third-order valence-corrected chi connectivity index (χ3v) is 3.29. The molecule has 17 heavy (non-hydrogen) atoms. The van der Waals surface area contributed by atoms with Gasteiger partial charge in [-0.05, 0) is 56.0 Å². The van der Waals surface area contributed by atoms with Gasteiger partial charge in [-0.2, -0.15) is 0 Å². The van der Waals surface area contributed by atoms with Crippen molar-refractivity contribution in [1.82, 2.24) is 5.32 Å². The van der Waals surface area contributed by atoms with Gasteiger partial charge in [0.25, 0.3) is 0 Å². The normalized spacial score (nSPS) is 13.0. The molecule has 96 valence electrons. The fourth-order valence-corrected chi connectivity index (χ4v) is 2.34. The van der Waals surface area contributed by atoms with Crippen LogP contribution in [0.15, 0.2) is 24.3 Å². The van der Waals surface area contributed by atoms with Crippen LogP contribution in [0.3, 0.4) is 0 Å². The Bertz CT molecular complexity index is 322. The van der Waals surface area contributed by atoms with E-state index in [1.54, 1.807) is 0 Å². The minimum Gasteiger partial charge on any atom is -0.319 e. The van der Waals surface area contributed by atoms with Crippen LogP contribution in [0.5, 0.6) is 0 Å². The van der Waals surface area contributed by atoms with Crippen LogP contribution in [0.1, 0.15) is 32.3 Å².